The molecule has 0 spiro atoms. The summed E-state index contributed by atoms with van der Waals surface area (Å²) in [4.78, 5) is 14.2. The molecular weight excluding hydrogens is 293 g/mol. The highest BCUT2D eigenvalue weighted by Crippen LogP contribution is 2.16. The first-order chi connectivity index (χ1) is 7.81. The van der Waals surface area contributed by atoms with E-state index >= 15 is 0 Å². The molecule has 2 rings (SSSR count). The van der Waals surface area contributed by atoms with E-state index in [1.54, 1.807) is 11.8 Å². The van der Waals surface area contributed by atoms with E-state index in [1.165, 1.54) is 19.4 Å². The topological polar surface area (TPSA) is 44.4 Å². The maximum atomic E-state index is 11.8. The zero-order chi connectivity index (χ0) is 11.4. The Hall–Kier alpha value is 0.320. The molecule has 2 atom stereocenters. The molecule has 2 N–H and O–H groups in total. The quantitative estimate of drug-likeness (QED) is 0.815. The summed E-state index contributed by atoms with van der Waals surface area (Å²) in [5, 5.41) is 6.27. The lowest BCUT2D eigenvalue weighted by molar-refractivity contribution is -0.122. The second-order valence-corrected chi connectivity index (χ2v) is 5.47. The van der Waals surface area contributed by atoms with Gasteiger partial charge in [0.05, 0.1) is 6.04 Å². The van der Waals surface area contributed by atoms with Crippen molar-refractivity contribution in [1.82, 2.24) is 15.5 Å². The second-order valence-electron chi connectivity index (χ2n) is 4.44. The van der Waals surface area contributed by atoms with E-state index in [0.29, 0.717) is 6.04 Å². The molecule has 0 radical (unpaired) electrons. The number of carbonyl (C=O) groups is 1. The molecule has 0 aromatic carbocycles. The maximum Gasteiger partial charge on any atom is 0.238 e. The minimum Gasteiger partial charge on any atom is -0.353 e. The van der Waals surface area contributed by atoms with E-state index in [1.807, 2.05) is 0 Å². The Morgan fingerprint density at radius 2 is 2.28 bits per heavy atom. The Bertz CT molecular complexity index is 252. The average Bonchev–Trinajstić information content (AvgIpc) is 2.96. The van der Waals surface area contributed by atoms with Crippen molar-refractivity contribution in [3.05, 3.63) is 0 Å². The van der Waals surface area contributed by atoms with Crippen LogP contribution in [0.15, 0.2) is 0 Å². The Balaban J connectivity index is 0.00000144. The minimum absolute atomic E-state index is 0. The van der Waals surface area contributed by atoms with E-state index in [-0.39, 0.29) is 36.8 Å². The first kappa shape index (κ1) is 18.3. The molecule has 2 aliphatic heterocycles. The van der Waals surface area contributed by atoms with E-state index in [0.717, 1.165) is 24.7 Å². The summed E-state index contributed by atoms with van der Waals surface area (Å²) >= 11 is 1.79. The first-order valence-electron chi connectivity index (χ1n) is 6.14. The number of nitrogens with zero attached hydrogens (tertiary/aromatic N) is 1. The second kappa shape index (κ2) is 9.26. The molecule has 1 amide bonds. The van der Waals surface area contributed by atoms with Crippen molar-refractivity contribution >= 4 is 42.5 Å². The normalized spacial score (nSPS) is 27.4. The summed E-state index contributed by atoms with van der Waals surface area (Å²) in [7, 11) is 0. The number of halogens is 2. The van der Waals surface area contributed by atoms with Crippen molar-refractivity contribution < 1.29 is 4.79 Å². The zero-order valence-corrected chi connectivity index (χ0v) is 13.1. The molecule has 4 nitrogen and oxygen atoms in total. The third-order valence-electron chi connectivity index (χ3n) is 3.45. The number of likely N-dealkylation sites (tertiary alicyclic amines) is 1. The summed E-state index contributed by atoms with van der Waals surface area (Å²) in [6.07, 6.45) is 2.49. The molecule has 2 saturated heterocycles. The van der Waals surface area contributed by atoms with Crippen LogP contribution < -0.4 is 10.6 Å². The highest BCUT2D eigenvalue weighted by molar-refractivity contribution is 7.99. The first-order valence-corrected chi connectivity index (χ1v) is 7.29. The molecule has 2 heterocycles. The van der Waals surface area contributed by atoms with Crippen LogP contribution in [-0.2, 0) is 4.79 Å². The molecule has 2 unspecified atom stereocenters. The molecule has 0 aromatic rings. The van der Waals surface area contributed by atoms with Crippen molar-refractivity contribution in [3.63, 3.8) is 0 Å². The third kappa shape index (κ3) is 4.78. The fraction of sp³-hybridized carbons (Fsp3) is 0.909. The Morgan fingerprint density at radius 3 is 2.89 bits per heavy atom. The lowest BCUT2D eigenvalue weighted by atomic mass is 10.2. The molecule has 7 heteroatoms. The molecule has 18 heavy (non-hydrogen) atoms. The van der Waals surface area contributed by atoms with Crippen LogP contribution in [0.4, 0.5) is 0 Å². The number of hydrogen-bond acceptors (Lipinski definition) is 4. The Kier molecular flexibility index (Phi) is 9.42. The Morgan fingerprint density at radius 1 is 1.50 bits per heavy atom. The van der Waals surface area contributed by atoms with E-state index in [2.05, 4.69) is 22.5 Å². The summed E-state index contributed by atoms with van der Waals surface area (Å²) < 4.78 is 0. The van der Waals surface area contributed by atoms with Gasteiger partial charge in [-0.2, -0.15) is 0 Å². The summed E-state index contributed by atoms with van der Waals surface area (Å²) in [6.45, 7) is 5.29. The van der Waals surface area contributed by atoms with Gasteiger partial charge in [-0.1, -0.05) is 6.92 Å². The van der Waals surface area contributed by atoms with Gasteiger partial charge in [-0.05, 0) is 25.9 Å². The third-order valence-corrected chi connectivity index (χ3v) is 4.39. The summed E-state index contributed by atoms with van der Waals surface area (Å²) in [5.74, 6) is 1.99. The monoisotopic (exact) mass is 315 g/mol. The van der Waals surface area contributed by atoms with Crippen LogP contribution in [0.5, 0.6) is 0 Å². The summed E-state index contributed by atoms with van der Waals surface area (Å²) in [5.41, 5.74) is 0. The largest absolute Gasteiger partial charge is 0.353 e. The summed E-state index contributed by atoms with van der Waals surface area (Å²) in [6, 6.07) is 0.587. The Labute approximate surface area is 126 Å². The number of hydrogen-bond donors (Lipinski definition) is 2. The minimum atomic E-state index is 0. The maximum absolute atomic E-state index is 11.8. The molecule has 2 fully saturated rings. The fourth-order valence-electron chi connectivity index (χ4n) is 2.45. The molecular formula is C11H23Cl2N3OS. The predicted molar refractivity (Wildman–Crippen MR) is 82.0 cm³/mol. The van der Waals surface area contributed by atoms with Crippen LogP contribution in [0.3, 0.4) is 0 Å². The smallest absolute Gasteiger partial charge is 0.238 e. The van der Waals surface area contributed by atoms with Gasteiger partial charge in [0.2, 0.25) is 5.91 Å². The van der Waals surface area contributed by atoms with Crippen molar-refractivity contribution in [2.24, 2.45) is 0 Å². The molecule has 0 aliphatic carbocycles. The average molecular weight is 316 g/mol. The highest BCUT2D eigenvalue weighted by atomic mass is 35.5. The SMILES string of the molecule is CCN1CCCC1CNC(=O)C1CSCN1.Cl.Cl. The van der Waals surface area contributed by atoms with Crippen LogP contribution >= 0.6 is 36.6 Å². The van der Waals surface area contributed by atoms with Crippen molar-refractivity contribution in [3.8, 4) is 0 Å². The number of rotatable bonds is 4. The van der Waals surface area contributed by atoms with Crippen molar-refractivity contribution in [2.45, 2.75) is 31.8 Å². The van der Waals surface area contributed by atoms with E-state index in [4.69, 9.17) is 0 Å². The molecule has 0 saturated carbocycles. The zero-order valence-electron chi connectivity index (χ0n) is 10.7. The number of thioether (sulfide) groups is 1. The van der Waals surface area contributed by atoms with Crippen molar-refractivity contribution in [2.75, 3.05) is 31.3 Å². The molecule has 0 bridgehead atoms. The van der Waals surface area contributed by atoms with Gasteiger partial charge < -0.3 is 5.32 Å². The van der Waals surface area contributed by atoms with Gasteiger partial charge >= 0.3 is 0 Å². The van der Waals surface area contributed by atoms with Gasteiger partial charge in [0, 0.05) is 24.2 Å². The molecule has 108 valence electrons. The van der Waals surface area contributed by atoms with Crippen LogP contribution in [0.2, 0.25) is 0 Å². The van der Waals surface area contributed by atoms with E-state index in [9.17, 15) is 4.79 Å². The van der Waals surface area contributed by atoms with Gasteiger partial charge in [-0.3, -0.25) is 15.0 Å². The molecule has 0 aromatic heterocycles. The van der Waals surface area contributed by atoms with Gasteiger partial charge in [0.25, 0.3) is 0 Å². The number of carbonyl (C=O) groups excluding carboxylic acids is 1. The van der Waals surface area contributed by atoms with Gasteiger partial charge in [-0.25, -0.2) is 0 Å². The number of likely N-dealkylation sites (N-methyl/N-ethyl adjacent to an activating group) is 1. The predicted octanol–water partition coefficient (Wildman–Crippen LogP) is 1.09. The van der Waals surface area contributed by atoms with Crippen LogP contribution in [0, 0.1) is 0 Å². The van der Waals surface area contributed by atoms with Crippen LogP contribution in [-0.4, -0.2) is 54.2 Å². The number of amides is 1. The fourth-order valence-corrected chi connectivity index (χ4v) is 3.39. The number of nitrogens with one attached hydrogen (secondary N) is 2. The van der Waals surface area contributed by atoms with Crippen molar-refractivity contribution in [1.29, 1.82) is 0 Å². The van der Waals surface area contributed by atoms with Gasteiger partial charge in [0.1, 0.15) is 0 Å². The van der Waals surface area contributed by atoms with Gasteiger partial charge in [-0.15, -0.1) is 36.6 Å². The van der Waals surface area contributed by atoms with E-state index < -0.39 is 0 Å². The molecule has 2 aliphatic rings. The van der Waals surface area contributed by atoms with Gasteiger partial charge in [0.15, 0.2) is 0 Å². The van der Waals surface area contributed by atoms with Crippen LogP contribution in [0.25, 0.3) is 0 Å². The lowest BCUT2D eigenvalue weighted by Gasteiger charge is -2.23. The van der Waals surface area contributed by atoms with Crippen LogP contribution in [0.1, 0.15) is 19.8 Å². The standard InChI is InChI=1S/C11H21N3OS.2ClH/c1-2-14-5-3-4-9(14)6-12-11(15)10-7-16-8-13-10;;/h9-10,13H,2-8H2,1H3,(H,12,15);2*1H. The lowest BCUT2D eigenvalue weighted by Crippen LogP contribution is -2.46. The highest BCUT2D eigenvalue weighted by Gasteiger charge is 2.26.